The molecule has 6 aromatic rings. The summed E-state index contributed by atoms with van der Waals surface area (Å²) in [6.45, 7) is 7.73. The van der Waals surface area contributed by atoms with Gasteiger partial charge in [-0.1, -0.05) is 109 Å². The Hall–Kier alpha value is -5.80. The largest absolute Gasteiger partial charge is 0.283 e. The van der Waals surface area contributed by atoms with Gasteiger partial charge in [0.15, 0.2) is 0 Å². The standard InChI is InChI=1S/C42H32N2O/c1-3-9-28-15-19-30(20-16-28)33-25-34(31-21-17-29(10-4-2)18-22-31)27-35(26-33)44-41(43)38-24-23-36(32-11-6-5-7-12-32)37-13-8-14-39(40(37)38)42(44)45/h3-8,11-27,43H,1-2,9-10H2. The highest BCUT2D eigenvalue weighted by Crippen LogP contribution is 2.40. The van der Waals surface area contributed by atoms with E-state index < -0.39 is 0 Å². The van der Waals surface area contributed by atoms with Gasteiger partial charge in [-0.15, -0.1) is 13.2 Å². The van der Waals surface area contributed by atoms with E-state index in [9.17, 15) is 10.2 Å². The lowest BCUT2D eigenvalue weighted by Gasteiger charge is -2.31. The Morgan fingerprint density at radius 2 is 1.13 bits per heavy atom. The van der Waals surface area contributed by atoms with Crippen LogP contribution in [0.3, 0.4) is 0 Å². The van der Waals surface area contributed by atoms with Crippen molar-refractivity contribution < 1.29 is 4.79 Å². The van der Waals surface area contributed by atoms with E-state index in [1.807, 2.05) is 66.7 Å². The summed E-state index contributed by atoms with van der Waals surface area (Å²) in [5.41, 5.74) is 10.6. The van der Waals surface area contributed by atoms with Gasteiger partial charge in [-0.2, -0.15) is 0 Å². The van der Waals surface area contributed by atoms with Crippen molar-refractivity contribution >= 4 is 28.2 Å². The number of amides is 1. The average Bonchev–Trinajstić information content (AvgIpc) is 3.08. The minimum Gasteiger partial charge on any atom is -0.283 e. The monoisotopic (exact) mass is 580 g/mol. The number of hydrogen-bond donors (Lipinski definition) is 1. The molecule has 1 aliphatic heterocycles. The van der Waals surface area contributed by atoms with E-state index in [0.29, 0.717) is 11.3 Å². The van der Waals surface area contributed by atoms with Crippen LogP contribution in [0.25, 0.3) is 44.2 Å². The zero-order chi connectivity index (χ0) is 30.9. The molecule has 1 aliphatic rings. The number of carbonyl (C=O) groups is 1. The number of anilines is 1. The highest BCUT2D eigenvalue weighted by atomic mass is 16.2. The van der Waals surface area contributed by atoms with E-state index >= 15 is 0 Å². The Balaban J connectivity index is 1.37. The Bertz CT molecular complexity index is 2010. The average molecular weight is 581 g/mol. The van der Waals surface area contributed by atoms with Crippen LogP contribution in [0, 0.1) is 5.41 Å². The summed E-state index contributed by atoms with van der Waals surface area (Å²) < 4.78 is 0. The molecule has 0 saturated carbocycles. The predicted octanol–water partition coefficient (Wildman–Crippen LogP) is 10.3. The van der Waals surface area contributed by atoms with Crippen LogP contribution < -0.4 is 4.90 Å². The molecule has 3 heteroatoms. The maximum atomic E-state index is 14.4. The molecule has 216 valence electrons. The van der Waals surface area contributed by atoms with Crippen molar-refractivity contribution in [1.82, 2.24) is 0 Å². The van der Waals surface area contributed by atoms with Gasteiger partial charge in [0.1, 0.15) is 5.84 Å². The van der Waals surface area contributed by atoms with Crippen LogP contribution in [0.5, 0.6) is 0 Å². The summed E-state index contributed by atoms with van der Waals surface area (Å²) in [6, 6.07) is 43.2. The van der Waals surface area contributed by atoms with Crippen molar-refractivity contribution in [1.29, 1.82) is 5.41 Å². The quantitative estimate of drug-likeness (QED) is 0.179. The number of hydrogen-bond acceptors (Lipinski definition) is 2. The van der Waals surface area contributed by atoms with Crippen LogP contribution in [-0.4, -0.2) is 11.7 Å². The first-order chi connectivity index (χ1) is 22.1. The van der Waals surface area contributed by atoms with Gasteiger partial charge in [-0.25, -0.2) is 0 Å². The van der Waals surface area contributed by atoms with Crippen molar-refractivity contribution in [3.8, 4) is 33.4 Å². The summed E-state index contributed by atoms with van der Waals surface area (Å²) in [4.78, 5) is 15.9. The van der Waals surface area contributed by atoms with E-state index in [2.05, 4.69) is 86.0 Å². The van der Waals surface area contributed by atoms with Crippen LogP contribution >= 0.6 is 0 Å². The number of rotatable bonds is 8. The molecule has 7 rings (SSSR count). The summed E-state index contributed by atoms with van der Waals surface area (Å²) >= 11 is 0. The third-order valence-corrected chi connectivity index (χ3v) is 8.55. The second-order valence-corrected chi connectivity index (χ2v) is 11.4. The van der Waals surface area contributed by atoms with Crippen molar-refractivity contribution in [2.45, 2.75) is 12.8 Å². The minimum absolute atomic E-state index is 0.175. The molecule has 0 unspecified atom stereocenters. The fourth-order valence-electron chi connectivity index (χ4n) is 6.31. The first-order valence-electron chi connectivity index (χ1n) is 15.2. The number of amidine groups is 1. The van der Waals surface area contributed by atoms with Gasteiger partial charge in [-0.3, -0.25) is 15.1 Å². The Morgan fingerprint density at radius 3 is 1.71 bits per heavy atom. The molecular formula is C42H32N2O. The molecule has 6 aromatic carbocycles. The fraction of sp³-hybridized carbons (Fsp3) is 0.0476. The molecule has 0 fully saturated rings. The number of benzene rings is 6. The zero-order valence-corrected chi connectivity index (χ0v) is 25.0. The van der Waals surface area contributed by atoms with Crippen molar-refractivity contribution in [3.05, 3.63) is 175 Å². The molecule has 45 heavy (non-hydrogen) atoms. The number of nitrogens with one attached hydrogen (secondary N) is 1. The van der Waals surface area contributed by atoms with Crippen LogP contribution in [0.4, 0.5) is 5.69 Å². The van der Waals surface area contributed by atoms with E-state index in [0.717, 1.165) is 62.6 Å². The number of nitrogens with zero attached hydrogens (tertiary/aromatic N) is 1. The lowest BCUT2D eigenvalue weighted by atomic mass is 9.88. The molecular weight excluding hydrogens is 548 g/mol. The topological polar surface area (TPSA) is 44.2 Å². The Labute approximate surface area is 263 Å². The van der Waals surface area contributed by atoms with Gasteiger partial charge in [0, 0.05) is 16.5 Å². The first-order valence-corrected chi connectivity index (χ1v) is 15.2. The highest BCUT2D eigenvalue weighted by molar-refractivity contribution is 6.37. The molecule has 0 bridgehead atoms. The normalized spacial score (nSPS) is 12.4. The van der Waals surface area contributed by atoms with Crippen molar-refractivity contribution in [3.63, 3.8) is 0 Å². The van der Waals surface area contributed by atoms with Crippen LogP contribution in [0.15, 0.2) is 153 Å². The Morgan fingerprint density at radius 1 is 0.556 bits per heavy atom. The summed E-state index contributed by atoms with van der Waals surface area (Å²) in [5, 5.41) is 11.2. The van der Waals surface area contributed by atoms with Gasteiger partial charge in [0.2, 0.25) is 0 Å². The molecule has 0 aromatic heterocycles. The fourth-order valence-corrected chi connectivity index (χ4v) is 6.31. The van der Waals surface area contributed by atoms with Gasteiger partial charge in [0.05, 0.1) is 5.69 Å². The second kappa shape index (κ2) is 11.7. The molecule has 0 saturated heterocycles. The van der Waals surface area contributed by atoms with Gasteiger partial charge in [0.25, 0.3) is 5.91 Å². The molecule has 3 nitrogen and oxygen atoms in total. The van der Waals surface area contributed by atoms with Crippen LogP contribution in [-0.2, 0) is 12.8 Å². The van der Waals surface area contributed by atoms with Crippen LogP contribution in [0.1, 0.15) is 27.0 Å². The van der Waals surface area contributed by atoms with E-state index in [4.69, 9.17) is 0 Å². The van der Waals surface area contributed by atoms with Gasteiger partial charge in [-0.05, 0) is 93.1 Å². The molecule has 1 amide bonds. The first kappa shape index (κ1) is 28.0. The Kier molecular flexibility index (Phi) is 7.28. The van der Waals surface area contributed by atoms with Crippen molar-refractivity contribution in [2.75, 3.05) is 4.90 Å². The SMILES string of the molecule is C=CCc1ccc(-c2cc(-c3ccc(CC=C)cc3)cc(N3C(=N)c4ccc(-c5ccccc5)c5cccc(c45)C3=O)c2)cc1. The minimum atomic E-state index is -0.200. The second-order valence-electron chi connectivity index (χ2n) is 11.4. The molecule has 0 radical (unpaired) electrons. The molecule has 0 atom stereocenters. The maximum absolute atomic E-state index is 14.4. The summed E-state index contributed by atoms with van der Waals surface area (Å²) in [5.74, 6) is -0.0249. The van der Waals surface area contributed by atoms with E-state index in [-0.39, 0.29) is 11.7 Å². The van der Waals surface area contributed by atoms with Crippen molar-refractivity contribution in [2.24, 2.45) is 0 Å². The number of allylic oxidation sites excluding steroid dienone is 2. The summed E-state index contributed by atoms with van der Waals surface area (Å²) in [7, 11) is 0. The lowest BCUT2D eigenvalue weighted by molar-refractivity contribution is 0.100. The van der Waals surface area contributed by atoms with E-state index in [1.165, 1.54) is 11.1 Å². The molecule has 0 spiro atoms. The third-order valence-electron chi connectivity index (χ3n) is 8.55. The lowest BCUT2D eigenvalue weighted by Crippen LogP contribution is -2.40. The zero-order valence-electron chi connectivity index (χ0n) is 25.0. The van der Waals surface area contributed by atoms with Gasteiger partial charge < -0.3 is 0 Å². The molecule has 0 aliphatic carbocycles. The smallest absolute Gasteiger partial charge is 0.264 e. The molecule has 1 heterocycles. The molecule has 1 N–H and O–H groups in total. The van der Waals surface area contributed by atoms with Gasteiger partial charge >= 0.3 is 0 Å². The number of carbonyl (C=O) groups excluding carboxylic acids is 1. The van der Waals surface area contributed by atoms with E-state index in [1.54, 1.807) is 4.90 Å². The third kappa shape index (κ3) is 5.09. The highest BCUT2D eigenvalue weighted by Gasteiger charge is 2.32. The maximum Gasteiger partial charge on any atom is 0.264 e. The van der Waals surface area contributed by atoms with Crippen LogP contribution in [0.2, 0.25) is 0 Å². The predicted molar refractivity (Wildman–Crippen MR) is 188 cm³/mol. The summed E-state index contributed by atoms with van der Waals surface area (Å²) in [6.07, 6.45) is 5.41.